The number of hydrogen-bond donors (Lipinski definition) is 1. The Balaban J connectivity index is 1.56. The first-order chi connectivity index (χ1) is 12.5. The van der Waals surface area contributed by atoms with E-state index in [-0.39, 0.29) is 11.4 Å². The van der Waals surface area contributed by atoms with Gasteiger partial charge in [0.1, 0.15) is 17.9 Å². The third kappa shape index (κ3) is 2.36. The van der Waals surface area contributed by atoms with Gasteiger partial charge in [-0.05, 0) is 26.7 Å². The molecule has 1 N–H and O–H groups in total. The molecule has 1 amide bonds. The van der Waals surface area contributed by atoms with Gasteiger partial charge in [0.25, 0.3) is 5.91 Å². The number of rotatable bonds is 3. The zero-order valence-corrected chi connectivity index (χ0v) is 14.8. The lowest BCUT2D eigenvalue weighted by Gasteiger charge is -2.28. The Bertz CT molecular complexity index is 1020. The van der Waals surface area contributed by atoms with Crippen LogP contribution in [0.1, 0.15) is 41.6 Å². The molecule has 8 nitrogen and oxygen atoms in total. The first-order valence-electron chi connectivity index (χ1n) is 8.85. The van der Waals surface area contributed by atoms with E-state index in [0.29, 0.717) is 41.3 Å². The van der Waals surface area contributed by atoms with E-state index in [2.05, 4.69) is 31.8 Å². The summed E-state index contributed by atoms with van der Waals surface area (Å²) in [6.45, 7) is 5.89. The Morgan fingerprint density at radius 2 is 2.15 bits per heavy atom. The summed E-state index contributed by atoms with van der Waals surface area (Å²) >= 11 is 0. The van der Waals surface area contributed by atoms with Crippen LogP contribution in [0.5, 0.6) is 0 Å². The summed E-state index contributed by atoms with van der Waals surface area (Å²) < 4.78 is 7.86. The van der Waals surface area contributed by atoms with Crippen LogP contribution in [-0.4, -0.2) is 42.4 Å². The highest BCUT2D eigenvalue weighted by Crippen LogP contribution is 2.40. The van der Waals surface area contributed by atoms with Gasteiger partial charge in [-0.3, -0.25) is 4.79 Å². The summed E-state index contributed by atoms with van der Waals surface area (Å²) in [5, 5.41) is 4.14. The van der Waals surface area contributed by atoms with Crippen LogP contribution in [0.3, 0.4) is 0 Å². The highest BCUT2D eigenvalue weighted by atomic mass is 16.3. The number of fused-ring (bicyclic) bond motifs is 2. The molecule has 134 valence electrons. The molecule has 3 aromatic heterocycles. The topological polar surface area (TPSA) is 89.1 Å². The second-order valence-electron chi connectivity index (χ2n) is 7.43. The number of aromatic nitrogens is 4. The maximum absolute atomic E-state index is 13.3. The fourth-order valence-corrected chi connectivity index (χ4v) is 3.51. The van der Waals surface area contributed by atoms with Gasteiger partial charge in [-0.2, -0.15) is 0 Å². The fraction of sp³-hybridized carbons (Fsp3) is 0.444. The maximum Gasteiger partial charge on any atom is 0.258 e. The lowest BCUT2D eigenvalue weighted by Crippen LogP contribution is -2.38. The van der Waals surface area contributed by atoms with E-state index < -0.39 is 0 Å². The van der Waals surface area contributed by atoms with E-state index in [4.69, 9.17) is 4.42 Å². The number of imidazole rings is 1. The molecule has 2 aliphatic rings. The molecule has 0 atom stereocenters. The van der Waals surface area contributed by atoms with Crippen molar-refractivity contribution in [3.8, 4) is 0 Å². The van der Waals surface area contributed by atoms with Gasteiger partial charge in [0.2, 0.25) is 5.71 Å². The van der Waals surface area contributed by atoms with Gasteiger partial charge in [0.05, 0.1) is 29.5 Å². The van der Waals surface area contributed by atoms with E-state index in [1.54, 1.807) is 0 Å². The van der Waals surface area contributed by atoms with E-state index >= 15 is 0 Å². The van der Waals surface area contributed by atoms with Gasteiger partial charge in [-0.15, -0.1) is 0 Å². The molecule has 5 rings (SSSR count). The minimum Gasteiger partial charge on any atom is -0.442 e. The fourth-order valence-electron chi connectivity index (χ4n) is 3.51. The van der Waals surface area contributed by atoms with Gasteiger partial charge in [0.15, 0.2) is 0 Å². The van der Waals surface area contributed by atoms with Crippen LogP contribution in [0.4, 0.5) is 5.82 Å². The molecule has 0 unspecified atom stereocenters. The van der Waals surface area contributed by atoms with E-state index in [1.165, 1.54) is 6.33 Å². The number of carbonyl (C=O) groups is 1. The van der Waals surface area contributed by atoms with Crippen LogP contribution in [0.25, 0.3) is 11.1 Å². The van der Waals surface area contributed by atoms with Crippen molar-refractivity contribution in [1.29, 1.82) is 0 Å². The average molecular weight is 352 g/mol. The molecule has 0 saturated heterocycles. The van der Waals surface area contributed by atoms with Crippen molar-refractivity contribution in [2.75, 3.05) is 11.9 Å². The Kier molecular flexibility index (Phi) is 3.13. The monoisotopic (exact) mass is 352 g/mol. The molecule has 0 radical (unpaired) electrons. The minimum absolute atomic E-state index is 0.0460. The molecule has 0 spiro atoms. The Labute approximate surface area is 150 Å². The zero-order valence-electron chi connectivity index (χ0n) is 14.8. The zero-order chi connectivity index (χ0) is 17.9. The van der Waals surface area contributed by atoms with E-state index in [9.17, 15) is 4.79 Å². The summed E-state index contributed by atoms with van der Waals surface area (Å²) in [6, 6.07) is 0. The van der Waals surface area contributed by atoms with Crippen LogP contribution in [0.15, 0.2) is 23.3 Å². The van der Waals surface area contributed by atoms with Crippen molar-refractivity contribution in [3.63, 3.8) is 0 Å². The predicted molar refractivity (Wildman–Crippen MR) is 94.8 cm³/mol. The van der Waals surface area contributed by atoms with Crippen LogP contribution < -0.4 is 5.32 Å². The van der Waals surface area contributed by atoms with Gasteiger partial charge < -0.3 is 19.2 Å². The normalized spacial score (nSPS) is 18.0. The number of hydrogen-bond acceptors (Lipinski definition) is 6. The standard InChI is InChI=1S/C18H20N6O2/c1-11-13(17(25)23-5-6-24-10-19-7-12(24)8-23)14-15(22-18(2)3-4-18)20-9-21-16(14)26-11/h7,9-10H,3-6,8H2,1-2H3,(H,20,21,22). The van der Waals surface area contributed by atoms with Crippen LogP contribution >= 0.6 is 0 Å². The van der Waals surface area contributed by atoms with Crippen molar-refractivity contribution in [2.45, 2.75) is 45.3 Å². The lowest BCUT2D eigenvalue weighted by molar-refractivity contribution is 0.0711. The number of amides is 1. The molecule has 3 aromatic rings. The Morgan fingerprint density at radius 3 is 2.96 bits per heavy atom. The van der Waals surface area contributed by atoms with Crippen LogP contribution in [0.2, 0.25) is 0 Å². The lowest BCUT2D eigenvalue weighted by atomic mass is 10.1. The SMILES string of the molecule is Cc1oc2ncnc(NC3(C)CC3)c2c1C(=O)N1CCn2cncc2C1. The van der Waals surface area contributed by atoms with Crippen molar-refractivity contribution in [3.05, 3.63) is 35.9 Å². The van der Waals surface area contributed by atoms with Gasteiger partial charge in [-0.25, -0.2) is 15.0 Å². The molecule has 0 bridgehead atoms. The molecular weight excluding hydrogens is 332 g/mol. The van der Waals surface area contributed by atoms with Crippen LogP contribution in [-0.2, 0) is 13.1 Å². The van der Waals surface area contributed by atoms with Crippen molar-refractivity contribution in [1.82, 2.24) is 24.4 Å². The highest BCUT2D eigenvalue weighted by Gasteiger charge is 2.39. The molecule has 4 heterocycles. The smallest absolute Gasteiger partial charge is 0.258 e. The molecule has 1 aliphatic heterocycles. The van der Waals surface area contributed by atoms with Crippen molar-refractivity contribution < 1.29 is 9.21 Å². The molecule has 8 heteroatoms. The molecular formula is C18H20N6O2. The molecule has 1 fully saturated rings. The summed E-state index contributed by atoms with van der Waals surface area (Å²) in [6.07, 6.45) is 7.28. The van der Waals surface area contributed by atoms with Gasteiger partial charge in [-0.1, -0.05) is 0 Å². The third-order valence-corrected chi connectivity index (χ3v) is 5.35. The maximum atomic E-state index is 13.3. The first-order valence-corrected chi connectivity index (χ1v) is 8.85. The van der Waals surface area contributed by atoms with Gasteiger partial charge >= 0.3 is 0 Å². The molecule has 1 aliphatic carbocycles. The highest BCUT2D eigenvalue weighted by molar-refractivity contribution is 6.10. The predicted octanol–water partition coefficient (Wildman–Crippen LogP) is 2.35. The summed E-state index contributed by atoms with van der Waals surface area (Å²) in [5.74, 6) is 1.21. The number of furan rings is 1. The molecule has 1 saturated carbocycles. The quantitative estimate of drug-likeness (QED) is 0.778. The van der Waals surface area contributed by atoms with Gasteiger partial charge in [0, 0.05) is 24.8 Å². The third-order valence-electron chi connectivity index (χ3n) is 5.35. The largest absolute Gasteiger partial charge is 0.442 e. The number of aryl methyl sites for hydroxylation is 1. The number of nitrogens with one attached hydrogen (secondary N) is 1. The number of nitrogens with zero attached hydrogens (tertiary/aromatic N) is 5. The number of anilines is 1. The number of carbonyl (C=O) groups excluding carboxylic acids is 1. The molecule has 26 heavy (non-hydrogen) atoms. The average Bonchev–Trinajstić information content (AvgIpc) is 3.05. The van der Waals surface area contributed by atoms with Crippen LogP contribution in [0, 0.1) is 6.92 Å². The second kappa shape index (κ2) is 5.30. The van der Waals surface area contributed by atoms with E-state index in [1.807, 2.05) is 24.3 Å². The first kappa shape index (κ1) is 15.4. The van der Waals surface area contributed by atoms with Crippen molar-refractivity contribution in [2.24, 2.45) is 0 Å². The second-order valence-corrected chi connectivity index (χ2v) is 7.43. The summed E-state index contributed by atoms with van der Waals surface area (Å²) in [4.78, 5) is 27.9. The van der Waals surface area contributed by atoms with E-state index in [0.717, 1.165) is 25.1 Å². The minimum atomic E-state index is -0.0486. The molecule has 0 aromatic carbocycles. The summed E-state index contributed by atoms with van der Waals surface area (Å²) in [7, 11) is 0. The Hall–Kier alpha value is -2.90. The van der Waals surface area contributed by atoms with Crippen molar-refractivity contribution >= 4 is 22.8 Å². The Morgan fingerprint density at radius 1 is 1.31 bits per heavy atom. The summed E-state index contributed by atoms with van der Waals surface area (Å²) in [5.41, 5.74) is 2.09.